The third-order valence-corrected chi connectivity index (χ3v) is 7.97. The van der Waals surface area contributed by atoms with Crippen molar-refractivity contribution in [2.24, 2.45) is 0 Å². The van der Waals surface area contributed by atoms with E-state index >= 15 is 0 Å². The number of piperidine rings is 1. The summed E-state index contributed by atoms with van der Waals surface area (Å²) in [7, 11) is -3.69. The highest BCUT2D eigenvalue weighted by Gasteiger charge is 2.45. The first-order valence-electron chi connectivity index (χ1n) is 9.78. The molecule has 3 heterocycles. The zero-order chi connectivity index (χ0) is 20.9. The predicted octanol–water partition coefficient (Wildman–Crippen LogP) is 3.30. The van der Waals surface area contributed by atoms with Crippen molar-refractivity contribution in [2.75, 3.05) is 26.3 Å². The Bertz CT molecular complexity index is 1120. The van der Waals surface area contributed by atoms with E-state index in [1.807, 2.05) is 0 Å². The number of Topliss-reactive ketones (excluding diaryl/α,β-unsaturated/α-hetero) is 1. The van der Waals surface area contributed by atoms with Gasteiger partial charge in [-0.25, -0.2) is 8.42 Å². The second-order valence-electron chi connectivity index (χ2n) is 7.74. The number of ketones is 1. The van der Waals surface area contributed by atoms with Gasteiger partial charge in [0.25, 0.3) is 0 Å². The minimum absolute atomic E-state index is 0.0260. The molecular weight excluding hydrogens is 430 g/mol. The zero-order valence-electron chi connectivity index (χ0n) is 16.1. The summed E-state index contributed by atoms with van der Waals surface area (Å²) in [6, 6.07) is 9.68. The standard InChI is InChI=1S/C21H20ClNO6S/c22-14-1-3-18-16(11-14)17(24)13-21(29-18)5-7-23(8-6-21)30(25,26)15-2-4-19-20(12-15)28-10-9-27-19/h1-4,11-12H,5-10,13H2. The Labute approximate surface area is 179 Å². The molecule has 3 aliphatic heterocycles. The number of hydrogen-bond donors (Lipinski definition) is 0. The van der Waals surface area contributed by atoms with Crippen LogP contribution in [0.3, 0.4) is 0 Å². The summed E-state index contributed by atoms with van der Waals surface area (Å²) in [6.07, 6.45) is 1.09. The van der Waals surface area contributed by atoms with E-state index in [-0.39, 0.29) is 30.2 Å². The van der Waals surface area contributed by atoms with Gasteiger partial charge < -0.3 is 14.2 Å². The minimum Gasteiger partial charge on any atom is -0.486 e. The summed E-state index contributed by atoms with van der Waals surface area (Å²) in [6.45, 7) is 1.38. The number of nitrogens with zero attached hydrogens (tertiary/aromatic N) is 1. The third kappa shape index (κ3) is 3.33. The maximum Gasteiger partial charge on any atom is 0.243 e. The van der Waals surface area contributed by atoms with Crippen molar-refractivity contribution in [2.45, 2.75) is 29.8 Å². The molecule has 1 spiro atoms. The van der Waals surface area contributed by atoms with Crippen molar-refractivity contribution in [3.63, 3.8) is 0 Å². The van der Waals surface area contributed by atoms with Crippen LogP contribution in [0.25, 0.3) is 0 Å². The fraction of sp³-hybridized carbons (Fsp3) is 0.381. The average molecular weight is 450 g/mol. The van der Waals surface area contributed by atoms with Crippen LogP contribution in [0, 0.1) is 0 Å². The molecule has 0 amide bonds. The van der Waals surface area contributed by atoms with Gasteiger partial charge in [-0.2, -0.15) is 4.31 Å². The first kappa shape index (κ1) is 19.7. The second-order valence-corrected chi connectivity index (χ2v) is 10.1. The molecule has 7 nitrogen and oxygen atoms in total. The number of halogens is 1. The van der Waals surface area contributed by atoms with Crippen molar-refractivity contribution in [1.29, 1.82) is 0 Å². The highest BCUT2D eigenvalue weighted by molar-refractivity contribution is 7.89. The van der Waals surface area contributed by atoms with Gasteiger partial charge in [0.15, 0.2) is 17.3 Å². The molecular formula is C21H20ClNO6S. The second kappa shape index (κ2) is 7.14. The number of benzene rings is 2. The number of rotatable bonds is 2. The lowest BCUT2D eigenvalue weighted by Crippen LogP contribution is -2.52. The fourth-order valence-corrected chi connectivity index (χ4v) is 5.84. The van der Waals surface area contributed by atoms with Gasteiger partial charge in [0, 0.05) is 37.0 Å². The number of ether oxygens (including phenoxy) is 3. The van der Waals surface area contributed by atoms with E-state index in [9.17, 15) is 13.2 Å². The Morgan fingerprint density at radius 1 is 0.933 bits per heavy atom. The monoisotopic (exact) mass is 449 g/mol. The molecule has 0 aromatic heterocycles. The molecule has 0 bridgehead atoms. The molecule has 1 saturated heterocycles. The number of carbonyl (C=O) groups is 1. The van der Waals surface area contributed by atoms with E-state index in [4.69, 9.17) is 25.8 Å². The van der Waals surface area contributed by atoms with E-state index in [2.05, 4.69) is 0 Å². The summed E-state index contributed by atoms with van der Waals surface area (Å²) < 4.78 is 44.9. The van der Waals surface area contributed by atoms with Crippen LogP contribution >= 0.6 is 11.6 Å². The molecule has 0 radical (unpaired) electrons. The molecule has 2 aromatic rings. The molecule has 0 saturated carbocycles. The summed E-state index contributed by atoms with van der Waals surface area (Å²) in [5.41, 5.74) is -0.198. The van der Waals surface area contributed by atoms with Crippen LogP contribution in [-0.4, -0.2) is 50.4 Å². The van der Waals surface area contributed by atoms with E-state index in [0.29, 0.717) is 53.9 Å². The molecule has 3 aliphatic rings. The molecule has 5 rings (SSSR count). The van der Waals surface area contributed by atoms with Crippen molar-refractivity contribution in [3.8, 4) is 17.2 Å². The largest absolute Gasteiger partial charge is 0.486 e. The molecule has 0 aliphatic carbocycles. The molecule has 0 atom stereocenters. The summed E-state index contributed by atoms with van der Waals surface area (Å²) in [5.74, 6) is 1.47. The lowest BCUT2D eigenvalue weighted by molar-refractivity contribution is 0.00591. The predicted molar refractivity (Wildman–Crippen MR) is 109 cm³/mol. The normalized spacial score (nSPS) is 20.5. The minimum atomic E-state index is -3.69. The number of hydrogen-bond acceptors (Lipinski definition) is 6. The van der Waals surface area contributed by atoms with E-state index in [0.717, 1.165) is 0 Å². The van der Waals surface area contributed by atoms with Crippen LogP contribution in [0.5, 0.6) is 17.2 Å². The summed E-state index contributed by atoms with van der Waals surface area (Å²) in [4.78, 5) is 12.8. The molecule has 30 heavy (non-hydrogen) atoms. The fourth-order valence-electron chi connectivity index (χ4n) is 4.21. The molecule has 0 unspecified atom stereocenters. The van der Waals surface area contributed by atoms with E-state index in [1.165, 1.54) is 16.4 Å². The lowest BCUT2D eigenvalue weighted by atomic mass is 9.83. The number of fused-ring (bicyclic) bond motifs is 2. The average Bonchev–Trinajstić information content (AvgIpc) is 2.74. The highest BCUT2D eigenvalue weighted by atomic mass is 35.5. The van der Waals surface area contributed by atoms with Gasteiger partial charge in [-0.3, -0.25) is 4.79 Å². The van der Waals surface area contributed by atoms with Crippen LogP contribution in [0.4, 0.5) is 0 Å². The SMILES string of the molecule is O=C1CC2(CCN(S(=O)(=O)c3ccc4c(c3)OCCO4)CC2)Oc2ccc(Cl)cc21. The summed E-state index contributed by atoms with van der Waals surface area (Å²) in [5, 5.41) is 0.488. The van der Waals surface area contributed by atoms with Gasteiger partial charge in [0.2, 0.25) is 10.0 Å². The molecule has 9 heteroatoms. The maximum atomic E-state index is 13.2. The van der Waals surface area contributed by atoms with Crippen LogP contribution in [-0.2, 0) is 10.0 Å². The van der Waals surface area contributed by atoms with Gasteiger partial charge in [-0.1, -0.05) is 11.6 Å². The van der Waals surface area contributed by atoms with Crippen molar-refractivity contribution < 1.29 is 27.4 Å². The zero-order valence-corrected chi connectivity index (χ0v) is 17.7. The first-order valence-corrected chi connectivity index (χ1v) is 11.6. The smallest absolute Gasteiger partial charge is 0.243 e. The maximum absolute atomic E-state index is 13.2. The van der Waals surface area contributed by atoms with E-state index in [1.54, 1.807) is 24.3 Å². The Hall–Kier alpha value is -2.29. The molecule has 2 aromatic carbocycles. The van der Waals surface area contributed by atoms with Gasteiger partial charge in [0.05, 0.1) is 16.9 Å². The Balaban J connectivity index is 1.34. The molecule has 1 fully saturated rings. The van der Waals surface area contributed by atoms with Crippen LogP contribution in [0.1, 0.15) is 29.6 Å². The summed E-state index contributed by atoms with van der Waals surface area (Å²) >= 11 is 5.99. The Kier molecular flexibility index (Phi) is 4.68. The van der Waals surface area contributed by atoms with Crippen molar-refractivity contribution in [3.05, 3.63) is 47.0 Å². The van der Waals surface area contributed by atoms with Gasteiger partial charge >= 0.3 is 0 Å². The van der Waals surface area contributed by atoms with Gasteiger partial charge in [-0.15, -0.1) is 0 Å². The van der Waals surface area contributed by atoms with Crippen molar-refractivity contribution >= 4 is 27.4 Å². The van der Waals surface area contributed by atoms with Crippen LogP contribution in [0.2, 0.25) is 5.02 Å². The van der Waals surface area contributed by atoms with Gasteiger partial charge in [0.1, 0.15) is 24.6 Å². The Morgan fingerprint density at radius 3 is 2.40 bits per heavy atom. The van der Waals surface area contributed by atoms with Crippen LogP contribution in [0.15, 0.2) is 41.3 Å². The van der Waals surface area contributed by atoms with Crippen molar-refractivity contribution in [1.82, 2.24) is 4.31 Å². The van der Waals surface area contributed by atoms with Gasteiger partial charge in [-0.05, 0) is 30.3 Å². The lowest BCUT2D eigenvalue weighted by Gasteiger charge is -2.43. The highest BCUT2D eigenvalue weighted by Crippen LogP contribution is 2.41. The quantitative estimate of drug-likeness (QED) is 0.699. The van der Waals surface area contributed by atoms with Crippen LogP contribution < -0.4 is 14.2 Å². The van der Waals surface area contributed by atoms with E-state index < -0.39 is 15.6 Å². The Morgan fingerprint density at radius 2 is 1.63 bits per heavy atom. The first-order chi connectivity index (χ1) is 14.4. The number of sulfonamides is 1. The molecule has 158 valence electrons. The molecule has 0 N–H and O–H groups in total. The third-order valence-electron chi connectivity index (χ3n) is 5.84. The number of carbonyl (C=O) groups excluding carboxylic acids is 1. The topological polar surface area (TPSA) is 82.1 Å².